The van der Waals surface area contributed by atoms with Crippen molar-refractivity contribution >= 4 is 49.2 Å². The molecule has 0 aromatic heterocycles. The van der Waals surface area contributed by atoms with Gasteiger partial charge in [0.05, 0.1) is 5.88 Å². The molecule has 1 nitrogen and oxygen atoms in total. The highest BCUT2D eigenvalue weighted by Crippen LogP contribution is 2.20. The summed E-state index contributed by atoms with van der Waals surface area (Å²) in [6, 6.07) is 5.36. The van der Waals surface area contributed by atoms with Crippen molar-refractivity contribution in [3.63, 3.8) is 0 Å². The summed E-state index contributed by atoms with van der Waals surface area (Å²) in [6.45, 7) is 0. The molecule has 0 heterocycles. The van der Waals surface area contributed by atoms with Crippen molar-refractivity contribution in [1.29, 1.82) is 0 Å². The summed E-state index contributed by atoms with van der Waals surface area (Å²) in [5, 5.41) is 0. The first-order chi connectivity index (χ1) is 5.63. The van der Waals surface area contributed by atoms with Crippen LogP contribution < -0.4 is 0 Å². The van der Waals surface area contributed by atoms with Gasteiger partial charge in [-0.3, -0.25) is 4.79 Å². The van der Waals surface area contributed by atoms with Crippen LogP contribution in [0.4, 0.5) is 0 Å². The lowest BCUT2D eigenvalue weighted by molar-refractivity contribution is 0.102. The lowest BCUT2D eigenvalue weighted by Crippen LogP contribution is -1.99. The van der Waals surface area contributed by atoms with Gasteiger partial charge in [-0.1, -0.05) is 31.9 Å². The Morgan fingerprint density at radius 2 is 1.75 bits per heavy atom. The lowest BCUT2D eigenvalue weighted by Gasteiger charge is -1.99. The van der Waals surface area contributed by atoms with Gasteiger partial charge >= 0.3 is 0 Å². The van der Waals surface area contributed by atoms with Gasteiger partial charge in [-0.25, -0.2) is 0 Å². The number of hydrogen-bond acceptors (Lipinski definition) is 1. The zero-order valence-electron chi connectivity index (χ0n) is 5.98. The molecule has 0 unspecified atom stereocenters. The number of Topliss-reactive ketones (excluding diaryl/α,β-unsaturated/α-hetero) is 1. The first-order valence-corrected chi connectivity index (χ1v) is 5.31. The van der Waals surface area contributed by atoms with Crippen molar-refractivity contribution in [2.45, 2.75) is 0 Å². The van der Waals surface area contributed by atoms with Crippen LogP contribution in [0.5, 0.6) is 0 Å². The van der Waals surface area contributed by atoms with Crippen molar-refractivity contribution in [2.24, 2.45) is 0 Å². The van der Waals surface area contributed by atoms with Gasteiger partial charge in [0.1, 0.15) is 0 Å². The second kappa shape index (κ2) is 4.40. The Hall–Kier alpha value is 0.140. The molecule has 0 fully saturated rings. The van der Waals surface area contributed by atoms with Crippen LogP contribution in [0.15, 0.2) is 27.1 Å². The number of ketones is 1. The molecular weight excluding hydrogens is 307 g/mol. The normalized spacial score (nSPS) is 9.92. The molecule has 0 saturated heterocycles. The van der Waals surface area contributed by atoms with Gasteiger partial charge in [-0.05, 0) is 18.2 Å². The maximum Gasteiger partial charge on any atom is 0.177 e. The Bertz CT molecular complexity index is 292. The van der Waals surface area contributed by atoms with E-state index in [2.05, 4.69) is 31.9 Å². The third-order valence-electron chi connectivity index (χ3n) is 1.31. The van der Waals surface area contributed by atoms with Crippen LogP contribution in [0, 0.1) is 0 Å². The Labute approximate surface area is 92.4 Å². The van der Waals surface area contributed by atoms with E-state index < -0.39 is 0 Å². The minimum Gasteiger partial charge on any atom is -0.293 e. The summed E-state index contributed by atoms with van der Waals surface area (Å²) in [7, 11) is 0. The molecule has 0 aliphatic carbocycles. The van der Waals surface area contributed by atoms with Crippen LogP contribution in [0.2, 0.25) is 0 Å². The molecule has 0 spiro atoms. The molecule has 1 aromatic rings. The summed E-state index contributed by atoms with van der Waals surface area (Å²) in [6.07, 6.45) is 0. The van der Waals surface area contributed by atoms with Crippen molar-refractivity contribution in [3.05, 3.63) is 32.7 Å². The smallest absolute Gasteiger partial charge is 0.177 e. The minimum absolute atomic E-state index is 0.0168. The molecule has 0 atom stereocenters. The summed E-state index contributed by atoms with van der Waals surface area (Å²) in [5.41, 5.74) is 0.617. The molecule has 0 radical (unpaired) electrons. The molecule has 0 amide bonds. The van der Waals surface area contributed by atoms with Crippen molar-refractivity contribution in [2.75, 3.05) is 5.88 Å². The Kier molecular flexibility index (Phi) is 3.75. The fraction of sp³-hybridized carbons (Fsp3) is 0.125. The first kappa shape index (κ1) is 10.2. The van der Waals surface area contributed by atoms with Crippen LogP contribution in [-0.2, 0) is 0 Å². The maximum atomic E-state index is 11.1. The first-order valence-electron chi connectivity index (χ1n) is 3.18. The number of rotatable bonds is 2. The molecule has 0 aliphatic heterocycles. The van der Waals surface area contributed by atoms with Gasteiger partial charge in [-0.2, -0.15) is 0 Å². The highest BCUT2D eigenvalue weighted by atomic mass is 79.9. The van der Waals surface area contributed by atoms with E-state index in [1.807, 2.05) is 6.07 Å². The van der Waals surface area contributed by atoms with Gasteiger partial charge in [-0.15, -0.1) is 11.6 Å². The van der Waals surface area contributed by atoms with E-state index >= 15 is 0 Å². The Balaban J connectivity index is 3.08. The SMILES string of the molecule is O=C(CCl)c1cc(Br)cc(Br)c1. The van der Waals surface area contributed by atoms with E-state index in [4.69, 9.17) is 11.6 Å². The van der Waals surface area contributed by atoms with Gasteiger partial charge in [0, 0.05) is 14.5 Å². The Morgan fingerprint density at radius 1 is 1.25 bits per heavy atom. The zero-order chi connectivity index (χ0) is 9.14. The number of carbonyl (C=O) groups excluding carboxylic acids is 1. The monoisotopic (exact) mass is 310 g/mol. The average Bonchev–Trinajstić information content (AvgIpc) is 2.01. The molecule has 0 N–H and O–H groups in total. The number of benzene rings is 1. The van der Waals surface area contributed by atoms with E-state index in [0.29, 0.717) is 5.56 Å². The van der Waals surface area contributed by atoms with Crippen LogP contribution in [0.1, 0.15) is 10.4 Å². The highest BCUT2D eigenvalue weighted by Gasteiger charge is 2.05. The third kappa shape index (κ3) is 2.57. The van der Waals surface area contributed by atoms with Crippen LogP contribution in [-0.4, -0.2) is 11.7 Å². The molecule has 4 heteroatoms. The average molecular weight is 312 g/mol. The fourth-order valence-electron chi connectivity index (χ4n) is 0.792. The minimum atomic E-state index is -0.0707. The van der Waals surface area contributed by atoms with Gasteiger partial charge in [0.15, 0.2) is 5.78 Å². The lowest BCUT2D eigenvalue weighted by atomic mass is 10.2. The van der Waals surface area contributed by atoms with Gasteiger partial charge < -0.3 is 0 Å². The number of alkyl halides is 1. The molecule has 12 heavy (non-hydrogen) atoms. The van der Waals surface area contributed by atoms with Crippen molar-refractivity contribution in [1.82, 2.24) is 0 Å². The number of halogens is 3. The van der Waals surface area contributed by atoms with Gasteiger partial charge in [0.2, 0.25) is 0 Å². The van der Waals surface area contributed by atoms with Crippen LogP contribution in [0.3, 0.4) is 0 Å². The largest absolute Gasteiger partial charge is 0.293 e. The second-order valence-electron chi connectivity index (χ2n) is 2.21. The molecule has 1 rings (SSSR count). The third-order valence-corrected chi connectivity index (χ3v) is 2.46. The number of carbonyl (C=O) groups is 1. The molecule has 0 aliphatic rings. The number of hydrogen-bond donors (Lipinski definition) is 0. The topological polar surface area (TPSA) is 17.1 Å². The second-order valence-corrected chi connectivity index (χ2v) is 4.31. The highest BCUT2D eigenvalue weighted by molar-refractivity contribution is 9.11. The quantitative estimate of drug-likeness (QED) is 0.602. The molecule has 0 saturated carbocycles. The molecule has 64 valence electrons. The van der Waals surface area contributed by atoms with E-state index in [1.165, 1.54) is 0 Å². The Morgan fingerprint density at radius 3 is 2.17 bits per heavy atom. The maximum absolute atomic E-state index is 11.1. The van der Waals surface area contributed by atoms with E-state index in [1.54, 1.807) is 12.1 Å². The van der Waals surface area contributed by atoms with Crippen molar-refractivity contribution < 1.29 is 4.79 Å². The van der Waals surface area contributed by atoms with E-state index in [9.17, 15) is 4.79 Å². The summed E-state index contributed by atoms with van der Waals surface area (Å²) >= 11 is 12.0. The van der Waals surface area contributed by atoms with E-state index in [-0.39, 0.29) is 11.7 Å². The molecular formula is C8H5Br2ClO. The van der Waals surface area contributed by atoms with Gasteiger partial charge in [0.25, 0.3) is 0 Å². The van der Waals surface area contributed by atoms with E-state index in [0.717, 1.165) is 8.95 Å². The molecule has 1 aromatic carbocycles. The predicted octanol–water partition coefficient (Wildman–Crippen LogP) is 3.63. The zero-order valence-corrected chi connectivity index (χ0v) is 9.91. The summed E-state index contributed by atoms with van der Waals surface area (Å²) in [4.78, 5) is 11.1. The van der Waals surface area contributed by atoms with Crippen LogP contribution >= 0.6 is 43.5 Å². The summed E-state index contributed by atoms with van der Waals surface area (Å²) < 4.78 is 1.73. The fourth-order valence-corrected chi connectivity index (χ4v) is 2.24. The summed E-state index contributed by atoms with van der Waals surface area (Å²) in [5.74, 6) is -0.0539. The standard InChI is InChI=1S/C8H5Br2ClO/c9-6-1-5(8(12)4-11)2-7(10)3-6/h1-3H,4H2. The van der Waals surface area contributed by atoms with Crippen LogP contribution in [0.25, 0.3) is 0 Å². The van der Waals surface area contributed by atoms with Crippen molar-refractivity contribution in [3.8, 4) is 0 Å². The molecule has 0 bridgehead atoms. The predicted molar refractivity (Wildman–Crippen MR) is 56.9 cm³/mol.